The maximum absolute atomic E-state index is 13.6. The van der Waals surface area contributed by atoms with Crippen molar-refractivity contribution in [2.24, 2.45) is 0 Å². The van der Waals surface area contributed by atoms with Crippen LogP contribution in [0.2, 0.25) is 10.0 Å². The minimum Gasteiger partial charge on any atom is -0.503 e. The first-order valence-electron chi connectivity index (χ1n) is 10.3. The van der Waals surface area contributed by atoms with Gasteiger partial charge < -0.3 is 14.7 Å². The van der Waals surface area contributed by atoms with Crippen LogP contribution in [0.4, 0.5) is 0 Å². The van der Waals surface area contributed by atoms with E-state index in [0.29, 0.717) is 52.5 Å². The molecule has 1 aromatic heterocycles. The Balaban J connectivity index is 1.75. The van der Waals surface area contributed by atoms with Gasteiger partial charge in [-0.15, -0.1) is 11.3 Å². The largest absolute Gasteiger partial charge is 0.503 e. The van der Waals surface area contributed by atoms with Gasteiger partial charge in [-0.3, -0.25) is 14.5 Å². The Morgan fingerprint density at radius 1 is 1.22 bits per heavy atom. The lowest BCUT2D eigenvalue weighted by atomic mass is 9.95. The number of benzene rings is 1. The normalized spacial score (nSPS) is 19.8. The molecule has 1 atom stereocenters. The van der Waals surface area contributed by atoms with Gasteiger partial charge in [0.05, 0.1) is 40.4 Å². The van der Waals surface area contributed by atoms with Gasteiger partial charge in [0.25, 0.3) is 5.91 Å². The van der Waals surface area contributed by atoms with Gasteiger partial charge in [0.15, 0.2) is 5.76 Å². The van der Waals surface area contributed by atoms with Crippen molar-refractivity contribution in [3.8, 4) is 0 Å². The standard InChI is InChI=1S/C22H23Cl2N3O4S/c1-12-21(32-13(2)25-12)19(28)17-18(16-14(23)4-3-5-15(16)24)27(22(30)20(17)29)7-6-26-8-10-31-11-9-26/h3-5,18,29H,6-11H2,1-2H3. The second-order valence-corrected chi connectivity index (χ2v) is 9.75. The summed E-state index contributed by atoms with van der Waals surface area (Å²) in [5.41, 5.74) is 0.970. The molecule has 0 spiro atoms. The number of carbonyl (C=O) groups excluding carboxylic acids is 2. The molecule has 2 aliphatic rings. The average molecular weight is 496 g/mol. The molecule has 0 aliphatic carbocycles. The van der Waals surface area contributed by atoms with Crippen molar-refractivity contribution in [1.29, 1.82) is 0 Å². The van der Waals surface area contributed by atoms with Crippen LogP contribution in [-0.2, 0) is 9.53 Å². The number of ether oxygens (including phenoxy) is 1. The topological polar surface area (TPSA) is 83.0 Å². The third-order valence-corrected chi connectivity index (χ3v) is 7.42. The van der Waals surface area contributed by atoms with E-state index in [1.54, 1.807) is 32.0 Å². The highest BCUT2D eigenvalue weighted by molar-refractivity contribution is 7.14. The Kier molecular flexibility index (Phi) is 6.88. The highest BCUT2D eigenvalue weighted by Gasteiger charge is 2.45. The zero-order chi connectivity index (χ0) is 23.0. The van der Waals surface area contributed by atoms with Crippen LogP contribution < -0.4 is 0 Å². The van der Waals surface area contributed by atoms with Gasteiger partial charge in [-0.1, -0.05) is 29.3 Å². The molecule has 1 aromatic carbocycles. The van der Waals surface area contributed by atoms with Gasteiger partial charge in [-0.05, 0) is 26.0 Å². The average Bonchev–Trinajstić information content (AvgIpc) is 3.22. The summed E-state index contributed by atoms with van der Waals surface area (Å²) < 4.78 is 5.39. The van der Waals surface area contributed by atoms with Crippen LogP contribution in [0.5, 0.6) is 0 Å². The molecule has 1 unspecified atom stereocenters. The zero-order valence-corrected chi connectivity index (χ0v) is 20.1. The molecule has 3 heterocycles. The second-order valence-electron chi connectivity index (χ2n) is 7.73. The number of rotatable bonds is 6. The minimum absolute atomic E-state index is 0.0151. The molecule has 1 amide bonds. The Morgan fingerprint density at radius 2 is 1.88 bits per heavy atom. The lowest BCUT2D eigenvalue weighted by Crippen LogP contribution is -2.43. The number of aliphatic hydroxyl groups is 1. The summed E-state index contributed by atoms with van der Waals surface area (Å²) in [4.78, 5) is 35.1. The molecule has 1 N–H and O–H groups in total. The fourth-order valence-corrected chi connectivity index (χ4v) is 5.60. The minimum atomic E-state index is -0.890. The number of ketones is 1. The monoisotopic (exact) mass is 495 g/mol. The zero-order valence-electron chi connectivity index (χ0n) is 17.7. The molecule has 0 saturated carbocycles. The number of thiazole rings is 1. The van der Waals surface area contributed by atoms with E-state index < -0.39 is 23.5 Å². The van der Waals surface area contributed by atoms with Crippen molar-refractivity contribution in [3.63, 3.8) is 0 Å². The van der Waals surface area contributed by atoms with E-state index in [2.05, 4.69) is 9.88 Å². The smallest absolute Gasteiger partial charge is 0.290 e. The molecule has 0 bridgehead atoms. The van der Waals surface area contributed by atoms with E-state index in [1.165, 1.54) is 16.2 Å². The van der Waals surface area contributed by atoms with Crippen molar-refractivity contribution < 1.29 is 19.4 Å². The van der Waals surface area contributed by atoms with Crippen molar-refractivity contribution in [2.45, 2.75) is 19.9 Å². The lowest BCUT2D eigenvalue weighted by Gasteiger charge is -2.32. The molecular weight excluding hydrogens is 473 g/mol. The molecule has 170 valence electrons. The number of aryl methyl sites for hydroxylation is 2. The van der Waals surface area contributed by atoms with Crippen LogP contribution >= 0.6 is 34.5 Å². The third-order valence-electron chi connectivity index (χ3n) is 5.69. The first-order chi connectivity index (χ1) is 15.3. The number of carbonyl (C=O) groups is 2. The van der Waals surface area contributed by atoms with Gasteiger partial charge in [-0.2, -0.15) is 0 Å². The fraction of sp³-hybridized carbons (Fsp3) is 0.409. The molecular formula is C22H23Cl2N3O4S. The molecule has 32 heavy (non-hydrogen) atoms. The predicted octanol–water partition coefficient (Wildman–Crippen LogP) is 3.98. The number of aromatic nitrogens is 1. The second kappa shape index (κ2) is 9.49. The molecule has 10 heteroatoms. The molecule has 4 rings (SSSR count). The van der Waals surface area contributed by atoms with Crippen LogP contribution in [0.3, 0.4) is 0 Å². The summed E-state index contributed by atoms with van der Waals surface area (Å²) in [5.74, 6) is -1.61. The molecule has 2 aromatic rings. The molecule has 1 saturated heterocycles. The molecule has 0 radical (unpaired) electrons. The Labute approximate surface area is 200 Å². The number of aliphatic hydroxyl groups excluding tert-OH is 1. The number of Topliss-reactive ketones (excluding diaryl/α,β-unsaturated/α-hetero) is 1. The quantitative estimate of drug-likeness (QED) is 0.610. The Hall–Kier alpha value is -1.97. The predicted molar refractivity (Wildman–Crippen MR) is 124 cm³/mol. The van der Waals surface area contributed by atoms with Gasteiger partial charge in [-0.25, -0.2) is 4.98 Å². The highest BCUT2D eigenvalue weighted by atomic mass is 35.5. The summed E-state index contributed by atoms with van der Waals surface area (Å²) >= 11 is 14.2. The van der Waals surface area contributed by atoms with Crippen molar-refractivity contribution >= 4 is 46.2 Å². The summed E-state index contributed by atoms with van der Waals surface area (Å²) in [5, 5.41) is 12.2. The maximum atomic E-state index is 13.6. The van der Waals surface area contributed by atoms with Gasteiger partial charge in [0.1, 0.15) is 0 Å². The Bertz CT molecular complexity index is 1070. The number of morpholine rings is 1. The van der Waals surface area contributed by atoms with E-state index >= 15 is 0 Å². The van der Waals surface area contributed by atoms with E-state index in [0.717, 1.165) is 18.1 Å². The third kappa shape index (κ3) is 4.30. The number of hydrogen-bond donors (Lipinski definition) is 1. The first kappa shape index (κ1) is 23.2. The maximum Gasteiger partial charge on any atom is 0.290 e. The molecule has 7 nitrogen and oxygen atoms in total. The van der Waals surface area contributed by atoms with E-state index in [9.17, 15) is 14.7 Å². The lowest BCUT2D eigenvalue weighted by molar-refractivity contribution is -0.129. The van der Waals surface area contributed by atoms with Crippen LogP contribution in [-0.4, -0.2) is 71.0 Å². The summed E-state index contributed by atoms with van der Waals surface area (Å²) in [7, 11) is 0. The molecule has 2 aliphatic heterocycles. The van der Waals surface area contributed by atoms with Crippen LogP contribution in [0.25, 0.3) is 0 Å². The summed E-state index contributed by atoms with van der Waals surface area (Å²) in [6.45, 7) is 7.18. The van der Waals surface area contributed by atoms with E-state index in [-0.39, 0.29) is 5.57 Å². The fourth-order valence-electron chi connectivity index (χ4n) is 4.13. The Morgan fingerprint density at radius 3 is 2.47 bits per heavy atom. The summed E-state index contributed by atoms with van der Waals surface area (Å²) in [6.07, 6.45) is 0. The van der Waals surface area contributed by atoms with Crippen LogP contribution in [0.15, 0.2) is 29.5 Å². The van der Waals surface area contributed by atoms with Crippen LogP contribution in [0.1, 0.15) is 32.0 Å². The van der Waals surface area contributed by atoms with Gasteiger partial charge in [0, 0.05) is 41.8 Å². The first-order valence-corrected chi connectivity index (χ1v) is 11.8. The molecule has 1 fully saturated rings. The number of nitrogens with zero attached hydrogens (tertiary/aromatic N) is 3. The van der Waals surface area contributed by atoms with Crippen molar-refractivity contribution in [3.05, 3.63) is 60.7 Å². The SMILES string of the molecule is Cc1nc(C)c(C(=O)C2=C(O)C(=O)N(CCN3CCOCC3)C2c2c(Cl)cccc2Cl)s1. The van der Waals surface area contributed by atoms with Crippen molar-refractivity contribution in [2.75, 3.05) is 39.4 Å². The van der Waals surface area contributed by atoms with Crippen molar-refractivity contribution in [1.82, 2.24) is 14.8 Å². The van der Waals surface area contributed by atoms with E-state index in [1.807, 2.05) is 0 Å². The van der Waals surface area contributed by atoms with Crippen LogP contribution in [0, 0.1) is 13.8 Å². The van der Waals surface area contributed by atoms with Gasteiger partial charge in [0.2, 0.25) is 5.78 Å². The number of halogens is 2. The number of hydrogen-bond acceptors (Lipinski definition) is 7. The number of amides is 1. The summed E-state index contributed by atoms with van der Waals surface area (Å²) in [6, 6.07) is 4.13. The highest BCUT2D eigenvalue weighted by Crippen LogP contribution is 2.44. The van der Waals surface area contributed by atoms with Gasteiger partial charge >= 0.3 is 0 Å². The van der Waals surface area contributed by atoms with E-state index in [4.69, 9.17) is 27.9 Å².